The van der Waals surface area contributed by atoms with Crippen LogP contribution in [0.5, 0.6) is 0 Å². The molecular weight excluding hydrogens is 282 g/mol. The highest BCUT2D eigenvalue weighted by Crippen LogP contribution is 2.25. The molecule has 1 aliphatic heterocycles. The standard InChI is InChI=1S/C16H19N3OS/c1-12-4-3-9-19(10-12)15(20)11-21-16-13-5-2-7-17-14(13)6-8-18-16/h2,5-8,12H,3-4,9-11H2,1H3. The average molecular weight is 301 g/mol. The Morgan fingerprint density at radius 1 is 1.38 bits per heavy atom. The Bertz CT molecular complexity index is 641. The lowest BCUT2D eigenvalue weighted by molar-refractivity contribution is -0.130. The van der Waals surface area contributed by atoms with Crippen molar-refractivity contribution in [2.75, 3.05) is 18.8 Å². The van der Waals surface area contributed by atoms with Crippen molar-refractivity contribution in [3.05, 3.63) is 30.6 Å². The highest BCUT2D eigenvalue weighted by Gasteiger charge is 2.21. The van der Waals surface area contributed by atoms with Gasteiger partial charge in [-0.2, -0.15) is 0 Å². The van der Waals surface area contributed by atoms with Crippen LogP contribution in [0.3, 0.4) is 0 Å². The fourth-order valence-corrected chi connectivity index (χ4v) is 3.63. The van der Waals surface area contributed by atoms with Gasteiger partial charge in [-0.15, -0.1) is 0 Å². The summed E-state index contributed by atoms with van der Waals surface area (Å²) in [5.41, 5.74) is 0.925. The molecule has 0 aliphatic carbocycles. The third-order valence-electron chi connectivity index (χ3n) is 3.84. The van der Waals surface area contributed by atoms with Crippen molar-refractivity contribution in [1.29, 1.82) is 0 Å². The molecule has 0 N–H and O–H groups in total. The Balaban J connectivity index is 1.67. The molecule has 0 radical (unpaired) electrons. The van der Waals surface area contributed by atoms with E-state index in [1.165, 1.54) is 18.2 Å². The summed E-state index contributed by atoms with van der Waals surface area (Å²) in [6.07, 6.45) is 5.88. The van der Waals surface area contributed by atoms with Gasteiger partial charge in [0.1, 0.15) is 5.03 Å². The normalized spacial score (nSPS) is 18.9. The Morgan fingerprint density at radius 2 is 2.29 bits per heavy atom. The van der Waals surface area contributed by atoms with Gasteiger partial charge in [0.2, 0.25) is 5.91 Å². The van der Waals surface area contributed by atoms with E-state index in [4.69, 9.17) is 0 Å². The van der Waals surface area contributed by atoms with E-state index in [-0.39, 0.29) is 5.91 Å². The monoisotopic (exact) mass is 301 g/mol. The molecule has 1 unspecified atom stereocenters. The second kappa shape index (κ2) is 6.43. The van der Waals surface area contributed by atoms with Crippen molar-refractivity contribution < 1.29 is 4.79 Å². The number of carbonyl (C=O) groups is 1. The van der Waals surface area contributed by atoms with Crippen LogP contribution >= 0.6 is 11.8 Å². The molecule has 1 fully saturated rings. The van der Waals surface area contributed by atoms with Crippen LogP contribution in [0.25, 0.3) is 10.9 Å². The number of aromatic nitrogens is 2. The van der Waals surface area contributed by atoms with Crippen LogP contribution in [0.1, 0.15) is 19.8 Å². The SMILES string of the molecule is CC1CCCN(C(=O)CSc2nccc3ncccc23)C1. The van der Waals surface area contributed by atoms with Crippen LogP contribution in [0.2, 0.25) is 0 Å². The number of hydrogen-bond acceptors (Lipinski definition) is 4. The number of carbonyl (C=O) groups excluding carboxylic acids is 1. The molecule has 110 valence electrons. The maximum Gasteiger partial charge on any atom is 0.232 e. The van der Waals surface area contributed by atoms with Crippen LogP contribution in [0.4, 0.5) is 0 Å². The van der Waals surface area contributed by atoms with Crippen molar-refractivity contribution in [1.82, 2.24) is 14.9 Å². The number of amides is 1. The van der Waals surface area contributed by atoms with Crippen LogP contribution in [-0.4, -0.2) is 39.6 Å². The fraction of sp³-hybridized carbons (Fsp3) is 0.438. The molecule has 3 heterocycles. The van der Waals surface area contributed by atoms with E-state index in [0.29, 0.717) is 11.7 Å². The van der Waals surface area contributed by atoms with Crippen molar-refractivity contribution in [2.24, 2.45) is 5.92 Å². The Kier molecular flexibility index (Phi) is 4.39. The molecule has 0 spiro atoms. The van der Waals surface area contributed by atoms with Gasteiger partial charge in [-0.05, 0) is 37.0 Å². The molecule has 3 rings (SSSR count). The van der Waals surface area contributed by atoms with E-state index in [0.717, 1.165) is 35.4 Å². The molecule has 0 saturated carbocycles. The first kappa shape index (κ1) is 14.3. The zero-order valence-corrected chi connectivity index (χ0v) is 13.0. The van der Waals surface area contributed by atoms with E-state index in [1.807, 2.05) is 23.1 Å². The van der Waals surface area contributed by atoms with Crippen LogP contribution in [0.15, 0.2) is 35.6 Å². The summed E-state index contributed by atoms with van der Waals surface area (Å²) in [6, 6.07) is 5.81. The summed E-state index contributed by atoms with van der Waals surface area (Å²) in [6.45, 7) is 4.00. The highest BCUT2D eigenvalue weighted by atomic mass is 32.2. The summed E-state index contributed by atoms with van der Waals surface area (Å²) < 4.78 is 0. The van der Waals surface area contributed by atoms with Crippen molar-refractivity contribution >= 4 is 28.6 Å². The minimum atomic E-state index is 0.217. The Labute approximate surface area is 129 Å². The number of pyridine rings is 2. The third kappa shape index (κ3) is 3.35. The van der Waals surface area contributed by atoms with Gasteiger partial charge in [-0.3, -0.25) is 9.78 Å². The predicted molar refractivity (Wildman–Crippen MR) is 85.2 cm³/mol. The van der Waals surface area contributed by atoms with Crippen LogP contribution in [-0.2, 0) is 4.79 Å². The topological polar surface area (TPSA) is 46.1 Å². The molecular formula is C16H19N3OS. The first-order valence-electron chi connectivity index (χ1n) is 7.34. The molecule has 0 aromatic carbocycles. The van der Waals surface area contributed by atoms with Gasteiger partial charge in [0, 0.05) is 30.9 Å². The van der Waals surface area contributed by atoms with Gasteiger partial charge in [0.05, 0.1) is 11.3 Å². The second-order valence-corrected chi connectivity index (χ2v) is 6.53. The second-order valence-electron chi connectivity index (χ2n) is 5.56. The molecule has 5 heteroatoms. The summed E-state index contributed by atoms with van der Waals surface area (Å²) in [5.74, 6) is 1.29. The maximum absolute atomic E-state index is 12.3. The smallest absolute Gasteiger partial charge is 0.232 e. The average Bonchev–Trinajstić information content (AvgIpc) is 2.52. The van der Waals surface area contributed by atoms with E-state index >= 15 is 0 Å². The number of thioether (sulfide) groups is 1. The lowest BCUT2D eigenvalue weighted by Gasteiger charge is -2.30. The number of piperidine rings is 1. The molecule has 4 nitrogen and oxygen atoms in total. The number of hydrogen-bond donors (Lipinski definition) is 0. The molecule has 21 heavy (non-hydrogen) atoms. The summed E-state index contributed by atoms with van der Waals surface area (Å²) in [5, 5.41) is 1.91. The van der Waals surface area contributed by atoms with E-state index < -0.39 is 0 Å². The maximum atomic E-state index is 12.3. The largest absolute Gasteiger partial charge is 0.342 e. The summed E-state index contributed by atoms with van der Waals surface area (Å²) >= 11 is 1.51. The molecule has 0 bridgehead atoms. The van der Waals surface area contributed by atoms with Crippen molar-refractivity contribution in [2.45, 2.75) is 24.8 Å². The zero-order valence-electron chi connectivity index (χ0n) is 12.2. The summed E-state index contributed by atoms with van der Waals surface area (Å²) in [4.78, 5) is 23.0. The first-order valence-corrected chi connectivity index (χ1v) is 8.33. The quantitative estimate of drug-likeness (QED) is 0.818. The molecule has 1 atom stereocenters. The number of rotatable bonds is 3. The van der Waals surface area contributed by atoms with Crippen LogP contribution in [0, 0.1) is 5.92 Å². The number of nitrogens with zero attached hydrogens (tertiary/aromatic N) is 3. The lowest BCUT2D eigenvalue weighted by Crippen LogP contribution is -2.40. The summed E-state index contributed by atoms with van der Waals surface area (Å²) in [7, 11) is 0. The minimum Gasteiger partial charge on any atom is -0.342 e. The molecule has 2 aromatic rings. The van der Waals surface area contributed by atoms with E-state index in [1.54, 1.807) is 12.4 Å². The highest BCUT2D eigenvalue weighted by molar-refractivity contribution is 8.00. The first-order chi connectivity index (χ1) is 10.2. The van der Waals surface area contributed by atoms with Gasteiger partial charge < -0.3 is 4.90 Å². The molecule has 2 aromatic heterocycles. The fourth-order valence-electron chi connectivity index (χ4n) is 2.73. The van der Waals surface area contributed by atoms with Gasteiger partial charge in [0.15, 0.2) is 0 Å². The van der Waals surface area contributed by atoms with Gasteiger partial charge >= 0.3 is 0 Å². The van der Waals surface area contributed by atoms with Gasteiger partial charge in [-0.25, -0.2) is 4.98 Å². The third-order valence-corrected chi connectivity index (χ3v) is 4.83. The zero-order chi connectivity index (χ0) is 14.7. The Hall–Kier alpha value is -1.62. The van der Waals surface area contributed by atoms with Crippen molar-refractivity contribution in [3.63, 3.8) is 0 Å². The molecule has 1 saturated heterocycles. The van der Waals surface area contributed by atoms with Crippen molar-refractivity contribution in [3.8, 4) is 0 Å². The van der Waals surface area contributed by atoms with Gasteiger partial charge in [-0.1, -0.05) is 18.7 Å². The van der Waals surface area contributed by atoms with Gasteiger partial charge in [0.25, 0.3) is 0 Å². The van der Waals surface area contributed by atoms with E-state index in [9.17, 15) is 4.79 Å². The Morgan fingerprint density at radius 3 is 3.14 bits per heavy atom. The number of fused-ring (bicyclic) bond motifs is 1. The number of likely N-dealkylation sites (tertiary alicyclic amines) is 1. The molecule has 1 aliphatic rings. The lowest BCUT2D eigenvalue weighted by atomic mass is 10.0. The minimum absolute atomic E-state index is 0.217. The van der Waals surface area contributed by atoms with E-state index in [2.05, 4.69) is 16.9 Å². The predicted octanol–water partition coefficient (Wildman–Crippen LogP) is 2.98. The van der Waals surface area contributed by atoms with Crippen LogP contribution < -0.4 is 0 Å². The molecule has 1 amide bonds.